The zero-order valence-electron chi connectivity index (χ0n) is 26.2. The van der Waals surface area contributed by atoms with Crippen molar-refractivity contribution in [1.29, 1.82) is 0 Å². The van der Waals surface area contributed by atoms with Crippen LogP contribution in [0.2, 0.25) is 0 Å². The molecular weight excluding hydrogens is 472 g/mol. The Kier molecular flexibility index (Phi) is 26.7. The van der Waals surface area contributed by atoms with Crippen LogP contribution in [0.15, 0.2) is 0 Å². The van der Waals surface area contributed by atoms with Crippen LogP contribution < -0.4 is 0 Å². The smallest absolute Gasteiger partial charge is 0.306 e. The van der Waals surface area contributed by atoms with Gasteiger partial charge in [0.05, 0.1) is 6.61 Å². The van der Waals surface area contributed by atoms with Crippen molar-refractivity contribution >= 4 is 11.9 Å². The minimum atomic E-state index is -0.363. The molecule has 0 radical (unpaired) electrons. The molecule has 0 atom stereocenters. The highest BCUT2D eigenvalue weighted by Gasteiger charge is 2.15. The first kappa shape index (κ1) is 36.9. The molecular formula is C34H66O4. The molecule has 0 spiro atoms. The average Bonchev–Trinajstić information content (AvgIpc) is 2.86. The van der Waals surface area contributed by atoms with E-state index in [9.17, 15) is 9.59 Å². The van der Waals surface area contributed by atoms with Crippen LogP contribution >= 0.6 is 0 Å². The topological polar surface area (TPSA) is 52.6 Å². The number of hydrogen-bond donors (Lipinski definition) is 0. The second-order valence-corrected chi connectivity index (χ2v) is 12.4. The molecule has 0 unspecified atom stereocenters. The Morgan fingerprint density at radius 1 is 0.447 bits per heavy atom. The third kappa shape index (κ3) is 31.2. The summed E-state index contributed by atoms with van der Waals surface area (Å²) in [6, 6.07) is 0. The molecule has 0 bridgehead atoms. The van der Waals surface area contributed by atoms with E-state index in [0.29, 0.717) is 19.4 Å². The Bertz CT molecular complexity index is 523. The molecule has 0 aliphatic heterocycles. The molecule has 0 aliphatic carbocycles. The third-order valence-electron chi connectivity index (χ3n) is 7.19. The number of carbonyl (C=O) groups is 2. The minimum absolute atomic E-state index is 0.00367. The van der Waals surface area contributed by atoms with Gasteiger partial charge in [-0.25, -0.2) is 0 Å². The van der Waals surface area contributed by atoms with Crippen LogP contribution in [0.25, 0.3) is 0 Å². The van der Waals surface area contributed by atoms with Crippen LogP contribution in [0.1, 0.15) is 195 Å². The molecule has 0 saturated heterocycles. The summed E-state index contributed by atoms with van der Waals surface area (Å²) < 4.78 is 10.7. The minimum Gasteiger partial charge on any atom is -0.466 e. The van der Waals surface area contributed by atoms with Crippen molar-refractivity contribution in [2.75, 3.05) is 6.61 Å². The molecule has 38 heavy (non-hydrogen) atoms. The molecule has 0 aromatic rings. The highest BCUT2D eigenvalue weighted by molar-refractivity contribution is 5.69. The summed E-state index contributed by atoms with van der Waals surface area (Å²) in [5.74, 6) is -0.0567. The highest BCUT2D eigenvalue weighted by Crippen LogP contribution is 2.15. The summed E-state index contributed by atoms with van der Waals surface area (Å²) in [5, 5.41) is 0. The van der Waals surface area contributed by atoms with E-state index in [1.54, 1.807) is 0 Å². The van der Waals surface area contributed by atoms with Gasteiger partial charge in [0.25, 0.3) is 0 Å². The van der Waals surface area contributed by atoms with Crippen LogP contribution in [0, 0.1) is 0 Å². The summed E-state index contributed by atoms with van der Waals surface area (Å²) in [5.41, 5.74) is -0.363. The van der Waals surface area contributed by atoms with Crippen LogP contribution in [-0.2, 0) is 19.1 Å². The van der Waals surface area contributed by atoms with Crippen molar-refractivity contribution in [2.45, 2.75) is 200 Å². The van der Waals surface area contributed by atoms with Gasteiger partial charge in [0, 0.05) is 12.8 Å². The monoisotopic (exact) mass is 538 g/mol. The van der Waals surface area contributed by atoms with E-state index < -0.39 is 0 Å². The second kappa shape index (κ2) is 27.5. The Hall–Kier alpha value is -1.06. The largest absolute Gasteiger partial charge is 0.466 e. The first-order valence-corrected chi connectivity index (χ1v) is 16.7. The molecule has 4 heteroatoms. The molecule has 0 aliphatic rings. The quantitative estimate of drug-likeness (QED) is 0.0734. The average molecular weight is 539 g/mol. The predicted molar refractivity (Wildman–Crippen MR) is 163 cm³/mol. The Morgan fingerprint density at radius 2 is 0.763 bits per heavy atom. The lowest BCUT2D eigenvalue weighted by atomic mass is 10.0. The van der Waals surface area contributed by atoms with Crippen molar-refractivity contribution < 1.29 is 19.1 Å². The van der Waals surface area contributed by atoms with Crippen molar-refractivity contribution in [3.63, 3.8) is 0 Å². The fourth-order valence-electron chi connectivity index (χ4n) is 4.90. The van der Waals surface area contributed by atoms with Crippen LogP contribution in [-0.4, -0.2) is 24.1 Å². The van der Waals surface area contributed by atoms with E-state index in [4.69, 9.17) is 9.47 Å². The van der Waals surface area contributed by atoms with Crippen molar-refractivity contribution in [3.8, 4) is 0 Å². The molecule has 0 aromatic carbocycles. The molecule has 0 aromatic heterocycles. The molecule has 226 valence electrons. The second-order valence-electron chi connectivity index (χ2n) is 12.4. The Balaban J connectivity index is 3.21. The fraction of sp³-hybridized carbons (Fsp3) is 0.941. The van der Waals surface area contributed by atoms with E-state index in [-0.39, 0.29) is 17.5 Å². The summed E-state index contributed by atoms with van der Waals surface area (Å²) >= 11 is 0. The van der Waals surface area contributed by atoms with Gasteiger partial charge in [0.2, 0.25) is 0 Å². The lowest BCUT2D eigenvalue weighted by molar-refractivity contribution is -0.155. The summed E-state index contributed by atoms with van der Waals surface area (Å²) in [7, 11) is 0. The van der Waals surface area contributed by atoms with Gasteiger partial charge in [-0.15, -0.1) is 0 Å². The van der Waals surface area contributed by atoms with E-state index in [1.165, 1.54) is 122 Å². The van der Waals surface area contributed by atoms with Crippen molar-refractivity contribution in [3.05, 3.63) is 0 Å². The molecule has 0 rings (SSSR count). The Labute approximate surface area is 237 Å². The van der Waals surface area contributed by atoms with E-state index >= 15 is 0 Å². The lowest BCUT2D eigenvalue weighted by Gasteiger charge is -2.19. The van der Waals surface area contributed by atoms with Crippen LogP contribution in [0.5, 0.6) is 0 Å². The van der Waals surface area contributed by atoms with Gasteiger partial charge in [-0.3, -0.25) is 9.59 Å². The number of carbonyl (C=O) groups excluding carboxylic acids is 2. The van der Waals surface area contributed by atoms with Gasteiger partial charge in [-0.1, -0.05) is 142 Å². The van der Waals surface area contributed by atoms with Gasteiger partial charge in [-0.05, 0) is 40.0 Å². The number of unbranched alkanes of at least 4 members (excludes halogenated alkanes) is 22. The Morgan fingerprint density at radius 3 is 1.13 bits per heavy atom. The van der Waals surface area contributed by atoms with Crippen LogP contribution in [0.3, 0.4) is 0 Å². The molecule has 4 nitrogen and oxygen atoms in total. The fourth-order valence-corrected chi connectivity index (χ4v) is 4.90. The normalized spacial score (nSPS) is 11.6. The van der Waals surface area contributed by atoms with Gasteiger partial charge < -0.3 is 9.47 Å². The van der Waals surface area contributed by atoms with Crippen LogP contribution in [0.4, 0.5) is 0 Å². The van der Waals surface area contributed by atoms with Gasteiger partial charge in [-0.2, -0.15) is 0 Å². The summed E-state index contributed by atoms with van der Waals surface area (Å²) in [6.45, 7) is 8.65. The summed E-state index contributed by atoms with van der Waals surface area (Å²) in [4.78, 5) is 23.5. The zero-order chi connectivity index (χ0) is 28.2. The number of ether oxygens (including phenoxy) is 2. The maximum Gasteiger partial charge on any atom is 0.306 e. The van der Waals surface area contributed by atoms with E-state index in [2.05, 4.69) is 6.92 Å². The molecule has 0 heterocycles. The highest BCUT2D eigenvalue weighted by atomic mass is 16.6. The van der Waals surface area contributed by atoms with Gasteiger partial charge >= 0.3 is 11.9 Å². The van der Waals surface area contributed by atoms with Crippen molar-refractivity contribution in [2.24, 2.45) is 0 Å². The number of hydrogen-bond acceptors (Lipinski definition) is 4. The zero-order valence-corrected chi connectivity index (χ0v) is 26.2. The molecule has 0 saturated carbocycles. The maximum atomic E-state index is 11.9. The standard InChI is InChI=1S/C34H66O4/c1-5-6-7-8-9-10-19-22-25-28-31-37-32(35)29-26-23-20-17-15-13-11-12-14-16-18-21-24-27-30-33(36)38-34(2,3)4/h5-31H2,1-4H3. The van der Waals surface area contributed by atoms with Gasteiger partial charge in [0.15, 0.2) is 0 Å². The lowest BCUT2D eigenvalue weighted by Crippen LogP contribution is -2.23. The maximum absolute atomic E-state index is 11.9. The van der Waals surface area contributed by atoms with Gasteiger partial charge in [0.1, 0.15) is 5.60 Å². The first-order chi connectivity index (χ1) is 18.3. The number of rotatable bonds is 28. The summed E-state index contributed by atoms with van der Waals surface area (Å²) in [6.07, 6.45) is 31.6. The molecule has 0 amide bonds. The molecule has 0 N–H and O–H groups in total. The van der Waals surface area contributed by atoms with Crippen molar-refractivity contribution in [1.82, 2.24) is 0 Å². The molecule has 0 fully saturated rings. The SMILES string of the molecule is CCCCCCCCCCCCOC(=O)CCCCCCCCCCCCCCCCC(=O)OC(C)(C)C. The number of esters is 2. The van der Waals surface area contributed by atoms with E-state index in [1.807, 2.05) is 20.8 Å². The van der Waals surface area contributed by atoms with E-state index in [0.717, 1.165) is 32.1 Å². The third-order valence-corrected chi connectivity index (χ3v) is 7.19. The predicted octanol–water partition coefficient (Wildman–Crippen LogP) is 11.0. The first-order valence-electron chi connectivity index (χ1n) is 16.7.